The van der Waals surface area contributed by atoms with Crippen molar-refractivity contribution in [3.05, 3.63) is 29.1 Å². The smallest absolute Gasteiger partial charge is 0.0545 e. The maximum Gasteiger partial charge on any atom is 0.0545 e. The standard InChI is InChI=1S/C15H24N2/c1-11(2)15-12(3)8-9-14(17-15)10-16-13-6-4-5-7-13/h8-9,11,13,16H,4-7,10H2,1-3H3. The van der Waals surface area contributed by atoms with Gasteiger partial charge in [0.2, 0.25) is 0 Å². The van der Waals surface area contributed by atoms with Crippen molar-refractivity contribution in [2.75, 3.05) is 0 Å². The molecule has 2 nitrogen and oxygen atoms in total. The molecule has 0 radical (unpaired) electrons. The van der Waals surface area contributed by atoms with Crippen LogP contribution in [0, 0.1) is 6.92 Å². The molecule has 0 saturated heterocycles. The number of aromatic nitrogens is 1. The van der Waals surface area contributed by atoms with E-state index in [9.17, 15) is 0 Å². The number of hydrogen-bond donors (Lipinski definition) is 1. The van der Waals surface area contributed by atoms with E-state index in [1.54, 1.807) is 0 Å². The summed E-state index contributed by atoms with van der Waals surface area (Å²) < 4.78 is 0. The zero-order chi connectivity index (χ0) is 12.3. The number of aryl methyl sites for hydroxylation is 1. The summed E-state index contributed by atoms with van der Waals surface area (Å²) >= 11 is 0. The molecule has 1 N–H and O–H groups in total. The highest BCUT2D eigenvalue weighted by Gasteiger charge is 2.14. The summed E-state index contributed by atoms with van der Waals surface area (Å²) in [6, 6.07) is 5.08. The molecule has 1 fully saturated rings. The van der Waals surface area contributed by atoms with E-state index in [2.05, 4.69) is 38.2 Å². The van der Waals surface area contributed by atoms with Gasteiger partial charge in [0.1, 0.15) is 0 Å². The molecule has 1 aliphatic carbocycles. The Morgan fingerprint density at radius 1 is 1.29 bits per heavy atom. The van der Waals surface area contributed by atoms with Crippen LogP contribution in [0.3, 0.4) is 0 Å². The second-order valence-corrected chi connectivity index (χ2v) is 5.52. The maximum atomic E-state index is 4.77. The lowest BCUT2D eigenvalue weighted by Gasteiger charge is -2.14. The van der Waals surface area contributed by atoms with E-state index in [0.717, 1.165) is 12.6 Å². The average molecular weight is 232 g/mol. The third-order valence-corrected chi connectivity index (χ3v) is 3.67. The van der Waals surface area contributed by atoms with Crippen LogP contribution in [0.5, 0.6) is 0 Å². The number of nitrogens with zero attached hydrogens (tertiary/aromatic N) is 1. The van der Waals surface area contributed by atoms with E-state index in [4.69, 9.17) is 4.98 Å². The first-order chi connectivity index (χ1) is 8.16. The second kappa shape index (κ2) is 5.63. The van der Waals surface area contributed by atoms with E-state index in [1.807, 2.05) is 0 Å². The highest BCUT2D eigenvalue weighted by Crippen LogP contribution is 2.19. The van der Waals surface area contributed by atoms with Gasteiger partial charge in [0.15, 0.2) is 0 Å². The second-order valence-electron chi connectivity index (χ2n) is 5.52. The summed E-state index contributed by atoms with van der Waals surface area (Å²) in [5.74, 6) is 0.515. The summed E-state index contributed by atoms with van der Waals surface area (Å²) in [6.45, 7) is 7.49. The van der Waals surface area contributed by atoms with Gasteiger partial charge in [-0.15, -0.1) is 0 Å². The summed E-state index contributed by atoms with van der Waals surface area (Å²) in [6.07, 6.45) is 5.44. The molecule has 1 aromatic heterocycles. The van der Waals surface area contributed by atoms with Gasteiger partial charge in [-0.05, 0) is 37.3 Å². The molecule has 1 aromatic rings. The Bertz CT molecular complexity index is 365. The number of pyridine rings is 1. The first kappa shape index (κ1) is 12.6. The van der Waals surface area contributed by atoms with Crippen LogP contribution in [-0.2, 0) is 6.54 Å². The quantitative estimate of drug-likeness (QED) is 0.858. The van der Waals surface area contributed by atoms with Crippen molar-refractivity contribution < 1.29 is 0 Å². The molecule has 0 bridgehead atoms. The van der Waals surface area contributed by atoms with Crippen molar-refractivity contribution in [3.8, 4) is 0 Å². The lowest BCUT2D eigenvalue weighted by Crippen LogP contribution is -2.25. The molecule has 2 heteroatoms. The van der Waals surface area contributed by atoms with Crippen LogP contribution in [0.2, 0.25) is 0 Å². The van der Waals surface area contributed by atoms with Crippen LogP contribution in [0.25, 0.3) is 0 Å². The SMILES string of the molecule is Cc1ccc(CNC2CCCC2)nc1C(C)C. The van der Waals surface area contributed by atoms with Gasteiger partial charge in [-0.25, -0.2) is 0 Å². The highest BCUT2D eigenvalue weighted by atomic mass is 14.9. The van der Waals surface area contributed by atoms with Gasteiger partial charge >= 0.3 is 0 Å². The van der Waals surface area contributed by atoms with Crippen LogP contribution in [0.1, 0.15) is 62.4 Å². The molecule has 0 amide bonds. The van der Waals surface area contributed by atoms with Crippen LogP contribution in [0.4, 0.5) is 0 Å². The fourth-order valence-electron chi connectivity index (χ4n) is 2.65. The molecule has 0 unspecified atom stereocenters. The third kappa shape index (κ3) is 3.29. The number of hydrogen-bond acceptors (Lipinski definition) is 2. The van der Waals surface area contributed by atoms with E-state index >= 15 is 0 Å². The number of rotatable bonds is 4. The molecular weight excluding hydrogens is 208 g/mol. The summed E-state index contributed by atoms with van der Waals surface area (Å²) in [4.78, 5) is 4.77. The summed E-state index contributed by atoms with van der Waals surface area (Å²) in [5, 5.41) is 3.62. The Kier molecular flexibility index (Phi) is 4.16. The van der Waals surface area contributed by atoms with Crippen LogP contribution in [0.15, 0.2) is 12.1 Å². The molecule has 0 aliphatic heterocycles. The van der Waals surface area contributed by atoms with Crippen molar-refractivity contribution in [2.24, 2.45) is 0 Å². The Morgan fingerprint density at radius 2 is 2.00 bits per heavy atom. The maximum absolute atomic E-state index is 4.77. The molecule has 0 atom stereocenters. The predicted octanol–water partition coefficient (Wildman–Crippen LogP) is 3.55. The van der Waals surface area contributed by atoms with Gasteiger partial charge < -0.3 is 5.32 Å². The Labute approximate surface area is 105 Å². The van der Waals surface area contributed by atoms with E-state index in [-0.39, 0.29) is 0 Å². The van der Waals surface area contributed by atoms with Crippen LogP contribution >= 0.6 is 0 Å². The lowest BCUT2D eigenvalue weighted by atomic mass is 10.0. The first-order valence-corrected chi connectivity index (χ1v) is 6.86. The van der Waals surface area contributed by atoms with Gasteiger partial charge in [-0.1, -0.05) is 32.8 Å². The largest absolute Gasteiger partial charge is 0.308 e. The van der Waals surface area contributed by atoms with Crippen molar-refractivity contribution in [3.63, 3.8) is 0 Å². The summed E-state index contributed by atoms with van der Waals surface area (Å²) in [5.41, 5.74) is 3.74. The van der Waals surface area contributed by atoms with Crippen molar-refractivity contribution in [2.45, 2.75) is 65.0 Å². The topological polar surface area (TPSA) is 24.9 Å². The van der Waals surface area contributed by atoms with Gasteiger partial charge in [0.05, 0.1) is 5.69 Å². The molecule has 1 saturated carbocycles. The molecule has 17 heavy (non-hydrogen) atoms. The van der Waals surface area contributed by atoms with E-state index < -0.39 is 0 Å². The average Bonchev–Trinajstić information content (AvgIpc) is 2.80. The predicted molar refractivity (Wildman–Crippen MR) is 72.2 cm³/mol. The highest BCUT2D eigenvalue weighted by molar-refractivity contribution is 5.24. The van der Waals surface area contributed by atoms with Gasteiger partial charge in [-0.3, -0.25) is 4.98 Å². The zero-order valence-corrected chi connectivity index (χ0v) is 11.3. The molecule has 1 heterocycles. The van der Waals surface area contributed by atoms with Crippen molar-refractivity contribution >= 4 is 0 Å². The van der Waals surface area contributed by atoms with E-state index in [1.165, 1.54) is 42.6 Å². The molecule has 0 spiro atoms. The molecular formula is C15H24N2. The number of nitrogens with one attached hydrogen (secondary N) is 1. The van der Waals surface area contributed by atoms with Gasteiger partial charge in [0, 0.05) is 18.3 Å². The lowest BCUT2D eigenvalue weighted by molar-refractivity contribution is 0.518. The van der Waals surface area contributed by atoms with Crippen LogP contribution < -0.4 is 5.32 Å². The first-order valence-electron chi connectivity index (χ1n) is 6.86. The molecule has 1 aliphatic rings. The fraction of sp³-hybridized carbons (Fsp3) is 0.667. The molecule has 0 aromatic carbocycles. The summed E-state index contributed by atoms with van der Waals surface area (Å²) in [7, 11) is 0. The Hall–Kier alpha value is -0.890. The van der Waals surface area contributed by atoms with Gasteiger partial charge in [-0.2, -0.15) is 0 Å². The Balaban J connectivity index is 1.98. The minimum Gasteiger partial charge on any atom is -0.308 e. The minimum absolute atomic E-state index is 0.515. The van der Waals surface area contributed by atoms with Crippen LogP contribution in [-0.4, -0.2) is 11.0 Å². The van der Waals surface area contributed by atoms with Crippen molar-refractivity contribution in [1.29, 1.82) is 0 Å². The van der Waals surface area contributed by atoms with Crippen molar-refractivity contribution in [1.82, 2.24) is 10.3 Å². The normalized spacial score (nSPS) is 16.9. The Morgan fingerprint density at radius 3 is 2.65 bits per heavy atom. The van der Waals surface area contributed by atoms with E-state index in [0.29, 0.717) is 5.92 Å². The monoisotopic (exact) mass is 232 g/mol. The molecule has 2 rings (SSSR count). The zero-order valence-electron chi connectivity index (χ0n) is 11.3. The third-order valence-electron chi connectivity index (χ3n) is 3.67. The molecule has 94 valence electrons. The van der Waals surface area contributed by atoms with Gasteiger partial charge in [0.25, 0.3) is 0 Å². The minimum atomic E-state index is 0.515. The fourth-order valence-corrected chi connectivity index (χ4v) is 2.65.